The van der Waals surface area contributed by atoms with Gasteiger partial charge in [-0.3, -0.25) is 9.52 Å². The Hall–Kier alpha value is -3.48. The Morgan fingerprint density at radius 1 is 1.16 bits per heavy atom. The average Bonchev–Trinajstić information content (AvgIpc) is 3.83. The zero-order valence-electron chi connectivity index (χ0n) is 29.0. The molecule has 11 nitrogen and oxygen atoms in total. The highest BCUT2D eigenvalue weighted by molar-refractivity contribution is 7.92. The molecule has 264 valence electrons. The quantitative estimate of drug-likeness (QED) is 0.423. The van der Waals surface area contributed by atoms with E-state index in [0.717, 1.165) is 38.6 Å². The minimum atomic E-state index is -3.51. The summed E-state index contributed by atoms with van der Waals surface area (Å²) in [4.78, 5) is 34.0. The van der Waals surface area contributed by atoms with Crippen molar-refractivity contribution >= 4 is 27.7 Å². The van der Waals surface area contributed by atoms with Crippen LogP contribution in [0.15, 0.2) is 46.8 Å². The van der Waals surface area contributed by atoms with E-state index < -0.39 is 21.9 Å². The fourth-order valence-electron chi connectivity index (χ4n) is 8.30. The number of methoxy groups -OCH3 is 2. The average molecular weight is 692 g/mol. The number of urea groups is 1. The Labute approximate surface area is 289 Å². The van der Waals surface area contributed by atoms with Gasteiger partial charge in [0.1, 0.15) is 15.6 Å². The molecule has 1 unspecified atom stereocenters. The van der Waals surface area contributed by atoms with Crippen LogP contribution in [0, 0.1) is 24.7 Å². The summed E-state index contributed by atoms with van der Waals surface area (Å²) < 4.78 is 39.0. The van der Waals surface area contributed by atoms with Crippen molar-refractivity contribution in [3.63, 3.8) is 0 Å². The van der Waals surface area contributed by atoms with E-state index in [-0.39, 0.29) is 41.0 Å². The molecular weight excluding hydrogens is 643 g/mol. The van der Waals surface area contributed by atoms with Gasteiger partial charge < -0.3 is 24.4 Å². The molecule has 1 aromatic heterocycles. The molecule has 8 atom stereocenters. The van der Waals surface area contributed by atoms with Crippen molar-refractivity contribution in [2.24, 2.45) is 22.1 Å². The molecule has 2 saturated carbocycles. The maximum absolute atomic E-state index is 14.3. The second kappa shape index (κ2) is 13.7. The SMILES string of the molecule is CO[C@H]1/C=C/C[C@H](C)CS(=O)(NC(=O)N[C@H]2C[C@@H]2OC)=NC(=O)c2ccc3c(n2)N(C[C@@H]2CC[C@H]21)C[C@@]1(CCCc2cc(C)ccc21)CO3. The highest BCUT2D eigenvalue weighted by atomic mass is 32.2. The summed E-state index contributed by atoms with van der Waals surface area (Å²) >= 11 is 0. The molecule has 1 aromatic carbocycles. The minimum absolute atomic E-state index is 0.000154. The molecule has 1 spiro atoms. The first kappa shape index (κ1) is 34.0. The Morgan fingerprint density at radius 3 is 2.78 bits per heavy atom. The number of aryl methyl sites for hydroxylation is 2. The molecule has 2 aromatic rings. The summed E-state index contributed by atoms with van der Waals surface area (Å²) in [5, 5.41) is 2.79. The van der Waals surface area contributed by atoms with Crippen LogP contribution in [-0.4, -0.2) is 79.0 Å². The Kier molecular flexibility index (Phi) is 9.49. The molecule has 0 radical (unpaired) electrons. The molecule has 3 aliphatic carbocycles. The molecule has 2 fully saturated rings. The molecule has 0 saturated heterocycles. The van der Waals surface area contributed by atoms with Crippen molar-refractivity contribution < 1.29 is 28.0 Å². The van der Waals surface area contributed by atoms with Gasteiger partial charge in [0.2, 0.25) is 0 Å². The lowest BCUT2D eigenvalue weighted by molar-refractivity contribution is 0.0131. The van der Waals surface area contributed by atoms with Gasteiger partial charge in [0.05, 0.1) is 30.6 Å². The van der Waals surface area contributed by atoms with Crippen LogP contribution in [0.2, 0.25) is 0 Å². The number of hydrogen-bond acceptors (Lipinski definition) is 8. The number of benzene rings is 1. The van der Waals surface area contributed by atoms with E-state index in [0.29, 0.717) is 49.4 Å². The van der Waals surface area contributed by atoms with E-state index in [1.54, 1.807) is 26.4 Å². The Morgan fingerprint density at radius 2 is 2.02 bits per heavy atom. The van der Waals surface area contributed by atoms with Gasteiger partial charge in [0.25, 0.3) is 0 Å². The first-order valence-corrected chi connectivity index (χ1v) is 19.4. The van der Waals surface area contributed by atoms with Gasteiger partial charge >= 0.3 is 11.9 Å². The molecule has 3 heterocycles. The lowest BCUT2D eigenvalue weighted by Gasteiger charge is -2.45. The van der Waals surface area contributed by atoms with Crippen LogP contribution < -0.4 is 19.7 Å². The minimum Gasteiger partial charge on any atom is -0.489 e. The van der Waals surface area contributed by atoms with E-state index in [1.165, 1.54) is 16.7 Å². The van der Waals surface area contributed by atoms with Crippen LogP contribution >= 0.6 is 0 Å². The summed E-state index contributed by atoms with van der Waals surface area (Å²) in [6.07, 6.45) is 10.6. The maximum atomic E-state index is 14.3. The van der Waals surface area contributed by atoms with E-state index in [4.69, 9.17) is 19.2 Å². The smallest absolute Gasteiger partial charge is 0.327 e. The summed E-state index contributed by atoms with van der Waals surface area (Å²) in [5.74, 6) is 1.06. The summed E-state index contributed by atoms with van der Waals surface area (Å²) in [5.41, 5.74) is 3.80. The van der Waals surface area contributed by atoms with Crippen molar-refractivity contribution in [2.75, 3.05) is 44.6 Å². The molecule has 5 aliphatic rings. The number of carbonyl (C=O) groups is 2. The number of pyridine rings is 1. The summed E-state index contributed by atoms with van der Waals surface area (Å²) in [7, 11) is -0.162. The fourth-order valence-corrected chi connectivity index (χ4v) is 10.1. The largest absolute Gasteiger partial charge is 0.489 e. The van der Waals surface area contributed by atoms with Crippen LogP contribution in [0.4, 0.5) is 10.6 Å². The lowest BCUT2D eigenvalue weighted by atomic mass is 9.68. The number of allylic oxidation sites excluding steroid dienone is 1. The van der Waals surface area contributed by atoms with Crippen LogP contribution in [0.25, 0.3) is 0 Å². The van der Waals surface area contributed by atoms with E-state index in [9.17, 15) is 13.8 Å². The molecule has 2 N–H and O–H groups in total. The standard InChI is InChI=1S/C37H49N5O6S/c1-23-10-13-28-25(17-23)8-6-16-37(28)21-42-19-26-11-12-27(26)31(46-3)9-5-7-24(2)20-49(45,41-36(44)39-30-18-33(30)47-4)40-35(43)29-14-15-32(48-22-37)34(42)38-29/h5,9-10,13-15,17,24,26-27,30-31,33H,6-8,11-12,16,18-22H2,1-4H3,(H2,39,40,41,43,44,45)/b9-5+/t24-,26-,27+,30-,31-,33-,37-,49?/m0/s1. The highest BCUT2D eigenvalue weighted by Crippen LogP contribution is 2.46. The second-order valence-corrected chi connectivity index (χ2v) is 16.8. The van der Waals surface area contributed by atoms with Gasteiger partial charge in [-0.2, -0.15) is 0 Å². The van der Waals surface area contributed by atoms with Crippen molar-refractivity contribution in [2.45, 2.75) is 82.5 Å². The monoisotopic (exact) mass is 691 g/mol. The van der Waals surface area contributed by atoms with Crippen LogP contribution in [-0.2, 0) is 31.2 Å². The number of nitrogens with zero attached hydrogens (tertiary/aromatic N) is 3. The zero-order valence-corrected chi connectivity index (χ0v) is 29.8. The van der Waals surface area contributed by atoms with Crippen LogP contribution in [0.5, 0.6) is 5.75 Å². The topological polar surface area (TPSA) is 131 Å². The van der Waals surface area contributed by atoms with Crippen LogP contribution in [0.1, 0.15) is 72.6 Å². The molecule has 7 rings (SSSR count). The maximum Gasteiger partial charge on any atom is 0.327 e. The van der Waals surface area contributed by atoms with Gasteiger partial charge in [-0.25, -0.2) is 14.0 Å². The predicted octanol–water partition coefficient (Wildman–Crippen LogP) is 5.11. The molecule has 3 amide bonds. The number of amides is 3. The van der Waals surface area contributed by atoms with Gasteiger partial charge in [0, 0.05) is 32.7 Å². The molecular formula is C37H49N5O6S. The first-order chi connectivity index (χ1) is 23.6. The van der Waals surface area contributed by atoms with E-state index >= 15 is 0 Å². The van der Waals surface area contributed by atoms with E-state index in [1.807, 2.05) is 6.92 Å². The van der Waals surface area contributed by atoms with Gasteiger partial charge in [-0.05, 0) is 92.9 Å². The summed E-state index contributed by atoms with van der Waals surface area (Å²) in [6.45, 7) is 6.05. The van der Waals surface area contributed by atoms with Crippen molar-refractivity contribution in [3.8, 4) is 5.75 Å². The van der Waals surface area contributed by atoms with Gasteiger partial charge in [-0.15, -0.1) is 4.36 Å². The number of fused-ring (bicyclic) bond motifs is 4. The second-order valence-electron chi connectivity index (χ2n) is 14.8. The Bertz CT molecular complexity index is 1760. The molecule has 12 heteroatoms. The highest BCUT2D eigenvalue weighted by Gasteiger charge is 2.45. The van der Waals surface area contributed by atoms with E-state index in [2.05, 4.69) is 56.6 Å². The molecule has 2 aliphatic heterocycles. The van der Waals surface area contributed by atoms with Crippen molar-refractivity contribution in [1.29, 1.82) is 0 Å². The van der Waals surface area contributed by atoms with Gasteiger partial charge in [-0.1, -0.05) is 42.8 Å². The summed E-state index contributed by atoms with van der Waals surface area (Å²) in [6, 6.07) is 9.36. The van der Waals surface area contributed by atoms with Gasteiger partial charge in [0.15, 0.2) is 11.6 Å². The number of anilines is 1. The number of ether oxygens (including phenoxy) is 3. The number of aromatic nitrogens is 1. The number of rotatable bonds is 4. The van der Waals surface area contributed by atoms with Crippen molar-refractivity contribution in [1.82, 2.24) is 15.0 Å². The zero-order chi connectivity index (χ0) is 34.3. The van der Waals surface area contributed by atoms with Crippen LogP contribution in [0.3, 0.4) is 0 Å². The number of carbonyl (C=O) groups excluding carboxylic acids is 2. The Balaban J connectivity index is 1.27. The third-order valence-corrected chi connectivity index (χ3v) is 13.1. The number of hydrogen-bond donors (Lipinski definition) is 2. The normalized spacial score (nSPS) is 34.6. The fraction of sp³-hybridized carbons (Fsp3) is 0.595. The number of nitrogens with one attached hydrogen (secondary N) is 2. The predicted molar refractivity (Wildman–Crippen MR) is 188 cm³/mol. The van der Waals surface area contributed by atoms with Crippen molar-refractivity contribution in [3.05, 3.63) is 64.9 Å². The molecule has 2 bridgehead atoms. The molecule has 49 heavy (non-hydrogen) atoms. The third-order valence-electron chi connectivity index (χ3n) is 11.1. The third kappa shape index (κ3) is 7.09. The lowest BCUT2D eigenvalue weighted by Crippen LogP contribution is -2.49. The first-order valence-electron chi connectivity index (χ1n) is 17.7.